The van der Waals surface area contributed by atoms with Crippen molar-refractivity contribution in [2.45, 2.75) is 0 Å². The number of carboxylic acids is 1. The Bertz CT molecular complexity index is 443. The number of pyridine rings is 1. The molecule has 2 N–H and O–H groups in total. The number of carbonyl (C=O) groups is 3. The number of carboxylic acid groups (broad SMARTS) is 1. The number of aromatic carboxylic acids is 1. The first kappa shape index (κ1) is 11.6. The number of ether oxygens (including phenoxy) is 1. The third kappa shape index (κ3) is 2.77. The zero-order valence-electron chi connectivity index (χ0n) is 8.26. The zero-order valence-corrected chi connectivity index (χ0v) is 8.26. The van der Waals surface area contributed by atoms with E-state index in [4.69, 9.17) is 5.11 Å². The summed E-state index contributed by atoms with van der Waals surface area (Å²) in [5.74, 6) is -2.21. The lowest BCUT2D eigenvalue weighted by atomic mass is 10.2. The van der Waals surface area contributed by atoms with Crippen LogP contribution in [0.4, 0.5) is 4.79 Å². The summed E-state index contributed by atoms with van der Waals surface area (Å²) in [4.78, 5) is 36.2. The van der Waals surface area contributed by atoms with Crippen molar-refractivity contribution < 1.29 is 24.2 Å². The molecule has 0 aromatic carbocycles. The Morgan fingerprint density at radius 3 is 2.69 bits per heavy atom. The van der Waals surface area contributed by atoms with Gasteiger partial charge in [-0.2, -0.15) is 0 Å². The van der Waals surface area contributed by atoms with E-state index in [0.717, 1.165) is 12.3 Å². The van der Waals surface area contributed by atoms with E-state index in [2.05, 4.69) is 15.0 Å². The fourth-order valence-electron chi connectivity index (χ4n) is 0.863. The van der Waals surface area contributed by atoms with Gasteiger partial charge >= 0.3 is 18.0 Å². The number of aromatic nitrogens is 1. The third-order valence-corrected chi connectivity index (χ3v) is 1.61. The van der Waals surface area contributed by atoms with Crippen molar-refractivity contribution in [3.05, 3.63) is 29.6 Å². The van der Waals surface area contributed by atoms with E-state index in [0.29, 0.717) is 0 Å². The van der Waals surface area contributed by atoms with E-state index < -0.39 is 18.0 Å². The Morgan fingerprint density at radius 2 is 2.12 bits per heavy atom. The molecule has 16 heavy (non-hydrogen) atoms. The lowest BCUT2D eigenvalue weighted by Crippen LogP contribution is -2.23. The Morgan fingerprint density at radius 1 is 1.44 bits per heavy atom. The Balaban J connectivity index is 2.88. The molecule has 0 aliphatic rings. The number of amides is 1. The van der Waals surface area contributed by atoms with Crippen LogP contribution < -0.4 is 5.32 Å². The first-order valence-electron chi connectivity index (χ1n) is 4.18. The van der Waals surface area contributed by atoms with Crippen LogP contribution in [0.25, 0.3) is 0 Å². The van der Waals surface area contributed by atoms with Crippen LogP contribution >= 0.6 is 0 Å². The van der Waals surface area contributed by atoms with Gasteiger partial charge in [0.15, 0.2) is 0 Å². The molecule has 0 unspecified atom stereocenters. The van der Waals surface area contributed by atoms with Crippen molar-refractivity contribution in [1.29, 1.82) is 0 Å². The van der Waals surface area contributed by atoms with Crippen LogP contribution in [0.2, 0.25) is 0 Å². The molecule has 0 saturated carbocycles. The van der Waals surface area contributed by atoms with E-state index in [-0.39, 0.29) is 11.3 Å². The number of esters is 1. The monoisotopic (exact) mass is 224 g/mol. The molecule has 1 aromatic rings. The van der Waals surface area contributed by atoms with Gasteiger partial charge in [-0.25, -0.2) is 19.4 Å². The highest BCUT2D eigenvalue weighted by molar-refractivity contribution is 5.97. The molecular weight excluding hydrogens is 216 g/mol. The largest absolute Gasteiger partial charge is 0.478 e. The second-order valence-corrected chi connectivity index (χ2v) is 2.66. The molecule has 0 fully saturated rings. The number of rotatable bonds is 2. The Hall–Kier alpha value is -2.44. The SMILES string of the molecule is CNC(=O)OC(=O)c1cc(C(=O)O)ccn1. The van der Waals surface area contributed by atoms with Crippen LogP contribution in [-0.2, 0) is 4.74 Å². The van der Waals surface area contributed by atoms with Gasteiger partial charge in [-0.1, -0.05) is 0 Å². The number of hydrogen-bond acceptors (Lipinski definition) is 5. The molecular formula is C9H8N2O5. The van der Waals surface area contributed by atoms with E-state index in [1.165, 1.54) is 13.1 Å². The van der Waals surface area contributed by atoms with E-state index >= 15 is 0 Å². The highest BCUT2D eigenvalue weighted by Gasteiger charge is 2.15. The Kier molecular flexibility index (Phi) is 3.54. The van der Waals surface area contributed by atoms with Crippen molar-refractivity contribution in [3.8, 4) is 0 Å². The van der Waals surface area contributed by atoms with Gasteiger partial charge in [0, 0.05) is 13.2 Å². The predicted octanol–water partition coefficient (Wildman–Crippen LogP) is 0.276. The molecule has 0 aliphatic carbocycles. The molecule has 7 nitrogen and oxygen atoms in total. The first-order valence-corrected chi connectivity index (χ1v) is 4.18. The van der Waals surface area contributed by atoms with Crippen LogP contribution in [0.15, 0.2) is 18.3 Å². The lowest BCUT2D eigenvalue weighted by molar-refractivity contribution is 0.0619. The summed E-state index contributed by atoms with van der Waals surface area (Å²) in [7, 11) is 1.29. The van der Waals surface area contributed by atoms with Gasteiger partial charge in [-0.3, -0.25) is 0 Å². The minimum atomic E-state index is -1.20. The third-order valence-electron chi connectivity index (χ3n) is 1.61. The quantitative estimate of drug-likeness (QED) is 0.552. The van der Waals surface area contributed by atoms with Crippen molar-refractivity contribution >= 4 is 18.0 Å². The van der Waals surface area contributed by atoms with E-state index in [1.807, 2.05) is 0 Å². The van der Waals surface area contributed by atoms with Gasteiger partial charge < -0.3 is 15.2 Å². The van der Waals surface area contributed by atoms with Crippen LogP contribution in [0, 0.1) is 0 Å². The van der Waals surface area contributed by atoms with Gasteiger partial charge in [-0.15, -0.1) is 0 Å². The molecule has 1 aromatic heterocycles. The highest BCUT2D eigenvalue weighted by Crippen LogP contribution is 2.03. The maximum absolute atomic E-state index is 11.3. The van der Waals surface area contributed by atoms with E-state index in [9.17, 15) is 14.4 Å². The molecule has 0 bridgehead atoms. The van der Waals surface area contributed by atoms with Gasteiger partial charge in [0.25, 0.3) is 0 Å². The summed E-state index contributed by atoms with van der Waals surface area (Å²) in [6, 6.07) is 2.24. The summed E-state index contributed by atoms with van der Waals surface area (Å²) in [6.07, 6.45) is 0.205. The van der Waals surface area contributed by atoms with Crippen LogP contribution in [-0.4, -0.2) is 35.2 Å². The molecule has 0 aliphatic heterocycles. The topological polar surface area (TPSA) is 106 Å². The van der Waals surface area contributed by atoms with E-state index in [1.54, 1.807) is 0 Å². The molecule has 0 saturated heterocycles. The zero-order chi connectivity index (χ0) is 12.1. The molecule has 1 heterocycles. The van der Waals surface area contributed by atoms with Gasteiger partial charge in [0.1, 0.15) is 5.69 Å². The second kappa shape index (κ2) is 4.87. The molecule has 84 valence electrons. The fourth-order valence-corrected chi connectivity index (χ4v) is 0.863. The molecule has 0 radical (unpaired) electrons. The summed E-state index contributed by atoms with van der Waals surface area (Å²) in [5.41, 5.74) is -0.359. The average molecular weight is 224 g/mol. The highest BCUT2D eigenvalue weighted by atomic mass is 16.6. The summed E-state index contributed by atoms with van der Waals surface area (Å²) in [5, 5.41) is 10.7. The molecule has 7 heteroatoms. The average Bonchev–Trinajstić information content (AvgIpc) is 2.28. The number of alkyl carbamates (subject to hydrolysis) is 1. The molecule has 1 amide bonds. The van der Waals surface area contributed by atoms with Crippen molar-refractivity contribution in [2.24, 2.45) is 0 Å². The number of nitrogens with zero attached hydrogens (tertiary/aromatic N) is 1. The summed E-state index contributed by atoms with van der Waals surface area (Å²) >= 11 is 0. The van der Waals surface area contributed by atoms with Gasteiger partial charge in [0.05, 0.1) is 5.56 Å². The van der Waals surface area contributed by atoms with Crippen LogP contribution in [0.1, 0.15) is 20.8 Å². The maximum atomic E-state index is 11.3. The molecule has 0 spiro atoms. The fraction of sp³-hybridized carbons (Fsp3) is 0.111. The lowest BCUT2D eigenvalue weighted by Gasteiger charge is -2.01. The number of carbonyl (C=O) groups excluding carboxylic acids is 2. The van der Waals surface area contributed by atoms with Crippen molar-refractivity contribution in [2.75, 3.05) is 7.05 Å². The first-order chi connectivity index (χ1) is 7.54. The normalized spacial score (nSPS) is 9.31. The van der Waals surface area contributed by atoms with Gasteiger partial charge in [-0.05, 0) is 12.1 Å². The number of nitrogens with one attached hydrogen (secondary N) is 1. The molecule has 1 rings (SSSR count). The minimum absolute atomic E-state index is 0.112. The molecule has 0 atom stereocenters. The second-order valence-electron chi connectivity index (χ2n) is 2.66. The van der Waals surface area contributed by atoms with Gasteiger partial charge in [0.2, 0.25) is 0 Å². The number of hydrogen-bond donors (Lipinski definition) is 2. The summed E-state index contributed by atoms with van der Waals surface area (Å²) < 4.78 is 4.28. The maximum Gasteiger partial charge on any atom is 0.414 e. The van der Waals surface area contributed by atoms with Crippen molar-refractivity contribution in [1.82, 2.24) is 10.3 Å². The summed E-state index contributed by atoms with van der Waals surface area (Å²) in [6.45, 7) is 0. The smallest absolute Gasteiger partial charge is 0.414 e. The standard InChI is InChI=1S/C9H8N2O5/c1-10-9(15)16-8(14)6-4-5(7(12)13)2-3-11-6/h2-4H,1H3,(H,10,15)(H,12,13). The minimum Gasteiger partial charge on any atom is -0.478 e. The van der Waals surface area contributed by atoms with Crippen molar-refractivity contribution in [3.63, 3.8) is 0 Å². The Labute approximate surface area is 90.1 Å². The van der Waals surface area contributed by atoms with Crippen LogP contribution in [0.3, 0.4) is 0 Å². The van der Waals surface area contributed by atoms with Crippen LogP contribution in [0.5, 0.6) is 0 Å². The predicted molar refractivity (Wildman–Crippen MR) is 51.1 cm³/mol.